The molecular formula is C16H11F2NO2. The molecule has 0 radical (unpaired) electrons. The molecule has 3 rings (SSSR count). The molecule has 0 amide bonds. The topological polar surface area (TPSA) is 42.1 Å². The van der Waals surface area contributed by atoms with Crippen LogP contribution in [0, 0.1) is 11.6 Å². The molecule has 0 saturated heterocycles. The number of hydrogen-bond acceptors (Lipinski definition) is 2. The van der Waals surface area contributed by atoms with Crippen molar-refractivity contribution < 1.29 is 18.3 Å². The fraction of sp³-hybridized carbons (Fsp3) is 0.0625. The van der Waals surface area contributed by atoms with Gasteiger partial charge in [-0.05, 0) is 23.8 Å². The van der Waals surface area contributed by atoms with Crippen LogP contribution >= 0.6 is 0 Å². The Hall–Kier alpha value is -2.69. The number of carbonyl (C=O) groups excluding carboxylic acids is 1. The van der Waals surface area contributed by atoms with Gasteiger partial charge in [-0.2, -0.15) is 0 Å². The van der Waals surface area contributed by atoms with Crippen LogP contribution in [0.2, 0.25) is 0 Å². The third-order valence-electron chi connectivity index (χ3n) is 3.31. The number of ether oxygens (including phenoxy) is 1. The summed E-state index contributed by atoms with van der Waals surface area (Å²) in [6.07, 6.45) is 0. The molecule has 21 heavy (non-hydrogen) atoms. The van der Waals surface area contributed by atoms with Crippen LogP contribution in [0.15, 0.2) is 42.5 Å². The van der Waals surface area contributed by atoms with E-state index >= 15 is 0 Å². The Balaban J connectivity index is 2.35. The summed E-state index contributed by atoms with van der Waals surface area (Å²) in [5.41, 5.74) is 1.46. The Kier molecular flexibility index (Phi) is 3.17. The van der Waals surface area contributed by atoms with Crippen molar-refractivity contribution in [2.45, 2.75) is 0 Å². The third-order valence-corrected chi connectivity index (χ3v) is 3.31. The molecule has 0 aliphatic heterocycles. The minimum Gasteiger partial charge on any atom is -0.464 e. The zero-order chi connectivity index (χ0) is 15.0. The van der Waals surface area contributed by atoms with Gasteiger partial charge in [-0.3, -0.25) is 0 Å². The second-order valence-electron chi connectivity index (χ2n) is 4.54. The Morgan fingerprint density at radius 3 is 2.48 bits per heavy atom. The number of halogens is 2. The monoisotopic (exact) mass is 287 g/mol. The van der Waals surface area contributed by atoms with E-state index in [0.717, 1.165) is 0 Å². The van der Waals surface area contributed by atoms with Gasteiger partial charge in [0.1, 0.15) is 17.3 Å². The maximum Gasteiger partial charge on any atom is 0.355 e. The fourth-order valence-corrected chi connectivity index (χ4v) is 2.35. The van der Waals surface area contributed by atoms with Crippen molar-refractivity contribution in [3.8, 4) is 11.1 Å². The normalized spacial score (nSPS) is 10.8. The number of nitrogens with one attached hydrogen (secondary N) is 1. The number of para-hydroxylation sites is 1. The number of aromatic amines is 1. The molecule has 0 aliphatic carbocycles. The summed E-state index contributed by atoms with van der Waals surface area (Å²) >= 11 is 0. The molecule has 0 spiro atoms. The Morgan fingerprint density at radius 2 is 1.81 bits per heavy atom. The second kappa shape index (κ2) is 5.01. The number of fused-ring (bicyclic) bond motifs is 1. The van der Waals surface area contributed by atoms with Crippen LogP contribution in [0.25, 0.3) is 22.0 Å². The first kappa shape index (κ1) is 13.3. The number of rotatable bonds is 2. The predicted molar refractivity (Wildman–Crippen MR) is 75.0 cm³/mol. The highest BCUT2D eigenvalue weighted by atomic mass is 19.1. The van der Waals surface area contributed by atoms with Gasteiger partial charge in [-0.15, -0.1) is 0 Å². The maximum atomic E-state index is 13.9. The van der Waals surface area contributed by atoms with E-state index in [2.05, 4.69) is 4.98 Å². The summed E-state index contributed by atoms with van der Waals surface area (Å²) in [5, 5.41) is 0.544. The number of benzene rings is 2. The largest absolute Gasteiger partial charge is 0.464 e. The standard InChI is InChI=1S/C16H11F2NO2/c1-21-16(20)15-13(9-5-7-10(17)8-6-9)11-3-2-4-12(18)14(11)19-15/h2-8,19H,1H3. The van der Waals surface area contributed by atoms with Crippen molar-refractivity contribution >= 4 is 16.9 Å². The summed E-state index contributed by atoms with van der Waals surface area (Å²) in [4.78, 5) is 14.7. The molecule has 1 N–H and O–H groups in total. The van der Waals surface area contributed by atoms with Gasteiger partial charge >= 0.3 is 5.97 Å². The quantitative estimate of drug-likeness (QED) is 0.726. The van der Waals surface area contributed by atoms with Crippen molar-refractivity contribution in [2.24, 2.45) is 0 Å². The van der Waals surface area contributed by atoms with Crippen molar-refractivity contribution in [3.63, 3.8) is 0 Å². The van der Waals surface area contributed by atoms with Crippen LogP contribution < -0.4 is 0 Å². The molecule has 1 aromatic heterocycles. The van der Waals surface area contributed by atoms with E-state index in [1.807, 2.05) is 0 Å². The first-order chi connectivity index (χ1) is 10.1. The van der Waals surface area contributed by atoms with Crippen molar-refractivity contribution in [1.82, 2.24) is 4.98 Å². The number of aromatic nitrogens is 1. The van der Waals surface area contributed by atoms with E-state index in [4.69, 9.17) is 4.74 Å². The van der Waals surface area contributed by atoms with Crippen LogP contribution in [0.5, 0.6) is 0 Å². The van der Waals surface area contributed by atoms with E-state index in [0.29, 0.717) is 16.5 Å². The number of carbonyl (C=O) groups is 1. The fourth-order valence-electron chi connectivity index (χ4n) is 2.35. The average Bonchev–Trinajstić information content (AvgIpc) is 2.88. The molecule has 1 heterocycles. The van der Waals surface area contributed by atoms with E-state index < -0.39 is 11.8 Å². The lowest BCUT2D eigenvalue weighted by Crippen LogP contribution is -2.03. The number of esters is 1. The molecule has 2 aromatic carbocycles. The summed E-state index contributed by atoms with van der Waals surface area (Å²) in [6, 6.07) is 10.2. The average molecular weight is 287 g/mol. The molecule has 0 saturated carbocycles. The molecule has 3 aromatic rings. The molecule has 0 fully saturated rings. The third kappa shape index (κ3) is 2.16. The van der Waals surface area contributed by atoms with Crippen LogP contribution in [-0.2, 0) is 4.74 Å². The minimum atomic E-state index is -0.607. The Morgan fingerprint density at radius 1 is 1.10 bits per heavy atom. The van der Waals surface area contributed by atoms with Crippen molar-refractivity contribution in [2.75, 3.05) is 7.11 Å². The number of hydrogen-bond donors (Lipinski definition) is 1. The molecule has 0 atom stereocenters. The zero-order valence-electron chi connectivity index (χ0n) is 11.1. The van der Waals surface area contributed by atoms with E-state index in [1.165, 1.54) is 37.4 Å². The van der Waals surface area contributed by atoms with E-state index in [9.17, 15) is 13.6 Å². The van der Waals surface area contributed by atoms with Gasteiger partial charge < -0.3 is 9.72 Å². The van der Waals surface area contributed by atoms with Crippen molar-refractivity contribution in [3.05, 3.63) is 59.8 Å². The summed E-state index contributed by atoms with van der Waals surface area (Å²) in [6.45, 7) is 0. The predicted octanol–water partition coefficient (Wildman–Crippen LogP) is 3.90. The molecule has 106 valence electrons. The van der Waals surface area contributed by atoms with Crippen LogP contribution in [0.3, 0.4) is 0 Å². The second-order valence-corrected chi connectivity index (χ2v) is 4.54. The first-order valence-electron chi connectivity index (χ1n) is 6.26. The van der Waals surface area contributed by atoms with Gasteiger partial charge in [0, 0.05) is 10.9 Å². The van der Waals surface area contributed by atoms with E-state index in [1.54, 1.807) is 12.1 Å². The van der Waals surface area contributed by atoms with Gasteiger partial charge in [0.15, 0.2) is 0 Å². The first-order valence-corrected chi connectivity index (χ1v) is 6.26. The molecule has 0 aliphatic rings. The number of methoxy groups -OCH3 is 1. The lowest BCUT2D eigenvalue weighted by molar-refractivity contribution is 0.0596. The van der Waals surface area contributed by atoms with Gasteiger partial charge in [-0.25, -0.2) is 13.6 Å². The van der Waals surface area contributed by atoms with Crippen LogP contribution in [0.4, 0.5) is 8.78 Å². The highest BCUT2D eigenvalue weighted by molar-refractivity contribution is 6.08. The van der Waals surface area contributed by atoms with Crippen LogP contribution in [-0.4, -0.2) is 18.1 Å². The maximum absolute atomic E-state index is 13.9. The summed E-state index contributed by atoms with van der Waals surface area (Å²) in [5.74, 6) is -1.46. The highest BCUT2D eigenvalue weighted by Gasteiger charge is 2.21. The summed E-state index contributed by atoms with van der Waals surface area (Å²) < 4.78 is 31.7. The van der Waals surface area contributed by atoms with Gasteiger partial charge in [0.05, 0.1) is 12.6 Å². The van der Waals surface area contributed by atoms with E-state index in [-0.39, 0.29) is 17.0 Å². The molecular weight excluding hydrogens is 276 g/mol. The Bertz CT molecular complexity index is 822. The van der Waals surface area contributed by atoms with Crippen LogP contribution in [0.1, 0.15) is 10.5 Å². The minimum absolute atomic E-state index is 0.143. The van der Waals surface area contributed by atoms with Crippen molar-refractivity contribution in [1.29, 1.82) is 0 Å². The lowest BCUT2D eigenvalue weighted by atomic mass is 10.0. The SMILES string of the molecule is COC(=O)c1[nH]c2c(F)cccc2c1-c1ccc(F)cc1. The van der Waals surface area contributed by atoms with Gasteiger partial charge in [0.2, 0.25) is 0 Å². The van der Waals surface area contributed by atoms with Gasteiger partial charge in [-0.1, -0.05) is 24.3 Å². The Labute approximate surface area is 119 Å². The highest BCUT2D eigenvalue weighted by Crippen LogP contribution is 2.34. The lowest BCUT2D eigenvalue weighted by Gasteiger charge is -2.04. The molecule has 5 heteroatoms. The summed E-state index contributed by atoms with van der Waals surface area (Å²) in [7, 11) is 1.25. The smallest absolute Gasteiger partial charge is 0.355 e. The van der Waals surface area contributed by atoms with Gasteiger partial charge in [0.25, 0.3) is 0 Å². The molecule has 3 nitrogen and oxygen atoms in total. The zero-order valence-corrected chi connectivity index (χ0v) is 11.1. The number of H-pyrrole nitrogens is 1. The molecule has 0 unspecified atom stereocenters. The molecule has 0 bridgehead atoms.